The van der Waals surface area contributed by atoms with Crippen LogP contribution in [-0.2, 0) is 15.0 Å². The molecule has 9 nitrogen and oxygen atoms in total. The van der Waals surface area contributed by atoms with E-state index in [1.54, 1.807) is 30.3 Å². The van der Waals surface area contributed by atoms with Gasteiger partial charge in [-0.25, -0.2) is 0 Å². The Balaban J connectivity index is 1.39. The van der Waals surface area contributed by atoms with Crippen molar-refractivity contribution in [3.8, 4) is 0 Å². The summed E-state index contributed by atoms with van der Waals surface area (Å²) in [7, 11) is 0. The highest BCUT2D eigenvalue weighted by Crippen LogP contribution is 2.33. The van der Waals surface area contributed by atoms with Gasteiger partial charge in [0.1, 0.15) is 0 Å². The van der Waals surface area contributed by atoms with Gasteiger partial charge < -0.3 is 25.5 Å². The van der Waals surface area contributed by atoms with Crippen LogP contribution < -0.4 is 15.5 Å². The molecule has 1 aliphatic carbocycles. The number of hydrogen-bond donors (Lipinski definition) is 3. The zero-order chi connectivity index (χ0) is 30.7. The molecule has 3 N–H and O–H groups in total. The number of carbonyl (C=O) groups is 4. The molecule has 0 radical (unpaired) electrons. The highest BCUT2D eigenvalue weighted by Gasteiger charge is 2.35. The lowest BCUT2D eigenvalue weighted by Crippen LogP contribution is -2.49. The van der Waals surface area contributed by atoms with E-state index in [1.807, 2.05) is 34.5 Å². The molecule has 1 aliphatic heterocycles. The van der Waals surface area contributed by atoms with Crippen LogP contribution in [0, 0.1) is 5.92 Å². The molecule has 3 amide bonds. The average molecular weight is 603 g/mol. The van der Waals surface area contributed by atoms with Crippen molar-refractivity contribution in [2.24, 2.45) is 5.92 Å². The highest BCUT2D eigenvalue weighted by molar-refractivity contribution is 7.10. The van der Waals surface area contributed by atoms with Crippen molar-refractivity contribution in [2.75, 3.05) is 36.4 Å². The van der Waals surface area contributed by atoms with E-state index in [-0.39, 0.29) is 29.6 Å². The summed E-state index contributed by atoms with van der Waals surface area (Å²) in [5.74, 6) is -1.36. The first-order chi connectivity index (χ1) is 20.5. The third-order valence-electron chi connectivity index (χ3n) is 7.95. The molecule has 1 saturated carbocycles. The van der Waals surface area contributed by atoms with Gasteiger partial charge in [0, 0.05) is 48.1 Å². The normalized spacial score (nSPS) is 16.0. The lowest BCUT2D eigenvalue weighted by atomic mass is 9.86. The molecule has 1 atom stereocenters. The molecule has 2 heterocycles. The molecular formula is C33H38N4O5S. The summed E-state index contributed by atoms with van der Waals surface area (Å²) >= 11 is 1.38. The van der Waals surface area contributed by atoms with Crippen molar-refractivity contribution < 1.29 is 24.3 Å². The van der Waals surface area contributed by atoms with Crippen LogP contribution in [0.4, 0.5) is 11.4 Å². The minimum absolute atomic E-state index is 0.0471. The first kappa shape index (κ1) is 30.3. The molecule has 226 valence electrons. The average Bonchev–Trinajstić information content (AvgIpc) is 3.69. The standard InChI is InChI=1S/C33H38N4O5S/c1-33(2,3)24-11-8-21(9-12-24)30(40)34-25-19-23(31(41)35-26(20-29(38)39)28-5-4-18-43-28)10-13-27(25)36-14-16-37(17-15-36)32(42)22-6-7-22/h4-5,8-13,18-19,22,26H,6-7,14-17,20H2,1-3H3,(H,34,40)(H,35,41)(H,38,39). The van der Waals surface area contributed by atoms with Gasteiger partial charge in [-0.15, -0.1) is 11.3 Å². The lowest BCUT2D eigenvalue weighted by molar-refractivity contribution is -0.137. The van der Waals surface area contributed by atoms with Crippen molar-refractivity contribution in [3.63, 3.8) is 0 Å². The van der Waals surface area contributed by atoms with Crippen LogP contribution in [-0.4, -0.2) is 59.9 Å². The van der Waals surface area contributed by atoms with Gasteiger partial charge >= 0.3 is 5.97 Å². The topological polar surface area (TPSA) is 119 Å². The van der Waals surface area contributed by atoms with Gasteiger partial charge in [-0.3, -0.25) is 19.2 Å². The van der Waals surface area contributed by atoms with E-state index in [2.05, 4.69) is 36.3 Å². The van der Waals surface area contributed by atoms with Crippen LogP contribution in [0.2, 0.25) is 0 Å². The number of hydrogen-bond acceptors (Lipinski definition) is 6. The Bertz CT molecular complexity index is 1480. The third-order valence-corrected chi connectivity index (χ3v) is 8.94. The second-order valence-electron chi connectivity index (χ2n) is 12.2. The Hall–Kier alpha value is -4.18. The van der Waals surface area contributed by atoms with E-state index in [0.717, 1.165) is 29.0 Å². The van der Waals surface area contributed by atoms with Crippen LogP contribution in [0.15, 0.2) is 60.0 Å². The van der Waals surface area contributed by atoms with Crippen LogP contribution >= 0.6 is 11.3 Å². The number of nitrogens with zero attached hydrogens (tertiary/aromatic N) is 2. The van der Waals surface area contributed by atoms with Crippen molar-refractivity contribution in [2.45, 2.75) is 51.5 Å². The number of benzene rings is 2. The van der Waals surface area contributed by atoms with Crippen molar-refractivity contribution >= 4 is 46.4 Å². The zero-order valence-electron chi connectivity index (χ0n) is 24.8. The van der Waals surface area contributed by atoms with E-state index in [9.17, 15) is 24.3 Å². The highest BCUT2D eigenvalue weighted by atomic mass is 32.1. The number of rotatable bonds is 9. The second kappa shape index (κ2) is 12.6. The fourth-order valence-corrected chi connectivity index (χ4v) is 6.03. The molecule has 0 spiro atoms. The first-order valence-corrected chi connectivity index (χ1v) is 15.5. The molecule has 3 aromatic rings. The molecule has 1 saturated heterocycles. The fraction of sp³-hybridized carbons (Fsp3) is 0.394. The summed E-state index contributed by atoms with van der Waals surface area (Å²) in [5, 5.41) is 17.1. The van der Waals surface area contributed by atoms with E-state index >= 15 is 0 Å². The Morgan fingerprint density at radius 2 is 1.60 bits per heavy atom. The Morgan fingerprint density at radius 3 is 2.19 bits per heavy atom. The number of amides is 3. The lowest BCUT2D eigenvalue weighted by Gasteiger charge is -2.37. The molecule has 1 aromatic heterocycles. The molecule has 5 rings (SSSR count). The van der Waals surface area contributed by atoms with Crippen molar-refractivity contribution in [1.29, 1.82) is 0 Å². The van der Waals surface area contributed by atoms with Crippen LogP contribution in [0.3, 0.4) is 0 Å². The molecule has 0 bridgehead atoms. The fourth-order valence-electron chi connectivity index (χ4n) is 5.25. The van der Waals surface area contributed by atoms with Gasteiger partial charge in [-0.1, -0.05) is 39.0 Å². The number of piperazine rings is 1. The summed E-state index contributed by atoms with van der Waals surface area (Å²) in [5.41, 5.74) is 3.10. The van der Waals surface area contributed by atoms with Crippen molar-refractivity contribution in [3.05, 3.63) is 81.5 Å². The van der Waals surface area contributed by atoms with E-state index < -0.39 is 17.9 Å². The van der Waals surface area contributed by atoms with E-state index in [1.165, 1.54) is 11.3 Å². The Morgan fingerprint density at radius 1 is 0.930 bits per heavy atom. The molecule has 2 aromatic carbocycles. The number of aliphatic carboxylic acids is 1. The summed E-state index contributed by atoms with van der Waals surface area (Å²) < 4.78 is 0. The maximum atomic E-state index is 13.4. The maximum absolute atomic E-state index is 13.4. The smallest absolute Gasteiger partial charge is 0.305 e. The molecule has 1 unspecified atom stereocenters. The van der Waals surface area contributed by atoms with E-state index in [4.69, 9.17) is 0 Å². The zero-order valence-corrected chi connectivity index (χ0v) is 25.6. The molecule has 2 fully saturated rings. The van der Waals surface area contributed by atoms with E-state index in [0.29, 0.717) is 43.0 Å². The molecule has 43 heavy (non-hydrogen) atoms. The molecule has 10 heteroatoms. The monoisotopic (exact) mass is 602 g/mol. The van der Waals surface area contributed by atoms with Gasteiger partial charge in [0.15, 0.2) is 0 Å². The summed E-state index contributed by atoms with van der Waals surface area (Å²) in [6, 6.07) is 15.6. The predicted molar refractivity (Wildman–Crippen MR) is 168 cm³/mol. The number of carboxylic acids is 1. The van der Waals surface area contributed by atoms with Gasteiger partial charge in [-0.2, -0.15) is 0 Å². The number of anilines is 2. The van der Waals surface area contributed by atoms with Crippen LogP contribution in [0.1, 0.15) is 77.2 Å². The first-order valence-electron chi connectivity index (χ1n) is 14.7. The van der Waals surface area contributed by atoms with Gasteiger partial charge in [-0.05, 0) is 65.6 Å². The minimum Gasteiger partial charge on any atom is -0.481 e. The van der Waals surface area contributed by atoms with Crippen molar-refractivity contribution in [1.82, 2.24) is 10.2 Å². The molecule has 2 aliphatic rings. The van der Waals surface area contributed by atoms with Gasteiger partial charge in [0.2, 0.25) is 5.91 Å². The summed E-state index contributed by atoms with van der Waals surface area (Å²) in [6.07, 6.45) is 1.69. The number of nitrogens with one attached hydrogen (secondary N) is 2. The predicted octanol–water partition coefficient (Wildman–Crippen LogP) is 5.30. The van der Waals surface area contributed by atoms with Gasteiger partial charge in [0.25, 0.3) is 11.8 Å². The van der Waals surface area contributed by atoms with Crippen LogP contribution in [0.25, 0.3) is 0 Å². The largest absolute Gasteiger partial charge is 0.481 e. The van der Waals surface area contributed by atoms with Gasteiger partial charge in [0.05, 0.1) is 23.8 Å². The maximum Gasteiger partial charge on any atom is 0.305 e. The Kier molecular flexibility index (Phi) is 8.87. The van der Waals surface area contributed by atoms with Crippen LogP contribution in [0.5, 0.6) is 0 Å². The Labute approximate surface area is 255 Å². The summed E-state index contributed by atoms with van der Waals surface area (Å²) in [4.78, 5) is 55.7. The number of thiophene rings is 1. The third kappa shape index (κ3) is 7.43. The SMILES string of the molecule is CC(C)(C)c1ccc(C(=O)Nc2cc(C(=O)NC(CC(=O)O)c3cccs3)ccc2N2CCN(C(=O)C3CC3)CC2)cc1. The second-order valence-corrected chi connectivity index (χ2v) is 13.2. The summed E-state index contributed by atoms with van der Waals surface area (Å²) in [6.45, 7) is 8.74. The number of carboxylic acid groups (broad SMARTS) is 1. The molecular weight excluding hydrogens is 564 g/mol. The quantitative estimate of drug-likeness (QED) is 0.306. The number of carbonyl (C=O) groups excluding carboxylic acids is 3. The minimum atomic E-state index is -1.02.